The number of allylic oxidation sites excluding steroid dienone is 2. The van der Waals surface area contributed by atoms with E-state index in [1.807, 2.05) is 29.2 Å². The van der Waals surface area contributed by atoms with Crippen molar-refractivity contribution in [1.29, 1.82) is 0 Å². The monoisotopic (exact) mass is 314 g/mol. The van der Waals surface area contributed by atoms with Gasteiger partial charge in [0.1, 0.15) is 5.75 Å². The predicted molar refractivity (Wildman–Crippen MR) is 91.8 cm³/mol. The summed E-state index contributed by atoms with van der Waals surface area (Å²) in [4.78, 5) is 17.2. The van der Waals surface area contributed by atoms with Gasteiger partial charge in [0.2, 0.25) is 0 Å². The van der Waals surface area contributed by atoms with Gasteiger partial charge in [-0.2, -0.15) is 0 Å². The Morgan fingerprint density at radius 3 is 2.65 bits per heavy atom. The first-order valence-corrected chi connectivity index (χ1v) is 8.57. The molecule has 1 atom stereocenters. The van der Waals surface area contributed by atoms with Crippen LogP contribution in [0.1, 0.15) is 29.6 Å². The Morgan fingerprint density at radius 2 is 1.96 bits per heavy atom. The molecule has 124 valence electrons. The summed E-state index contributed by atoms with van der Waals surface area (Å²) in [5.41, 5.74) is 0.667. The summed E-state index contributed by atoms with van der Waals surface area (Å²) in [7, 11) is 1.61. The second kappa shape index (κ2) is 7.64. The van der Waals surface area contributed by atoms with Crippen molar-refractivity contribution in [3.05, 3.63) is 42.0 Å². The molecular formula is C19H26N2O2. The Kier molecular flexibility index (Phi) is 5.34. The van der Waals surface area contributed by atoms with Gasteiger partial charge < -0.3 is 9.64 Å². The molecule has 1 saturated heterocycles. The first-order valence-electron chi connectivity index (χ1n) is 8.57. The van der Waals surface area contributed by atoms with Crippen molar-refractivity contribution in [2.24, 2.45) is 5.92 Å². The molecule has 4 nitrogen and oxygen atoms in total. The van der Waals surface area contributed by atoms with Crippen molar-refractivity contribution in [3.8, 4) is 5.75 Å². The summed E-state index contributed by atoms with van der Waals surface area (Å²) < 4.78 is 5.31. The van der Waals surface area contributed by atoms with E-state index in [2.05, 4.69) is 17.1 Å². The number of methoxy groups -OCH3 is 1. The Hall–Kier alpha value is -1.81. The van der Waals surface area contributed by atoms with Gasteiger partial charge in [0.05, 0.1) is 12.7 Å². The van der Waals surface area contributed by atoms with Gasteiger partial charge >= 0.3 is 0 Å². The topological polar surface area (TPSA) is 32.8 Å². The zero-order chi connectivity index (χ0) is 16.1. The van der Waals surface area contributed by atoms with Crippen molar-refractivity contribution in [3.63, 3.8) is 0 Å². The van der Waals surface area contributed by atoms with Gasteiger partial charge in [0, 0.05) is 32.7 Å². The molecule has 1 heterocycles. The van der Waals surface area contributed by atoms with Crippen LogP contribution in [0.3, 0.4) is 0 Å². The lowest BCUT2D eigenvalue weighted by Crippen LogP contribution is -2.49. The maximum absolute atomic E-state index is 12.7. The lowest BCUT2D eigenvalue weighted by molar-refractivity contribution is 0.0611. The first kappa shape index (κ1) is 16.1. The van der Waals surface area contributed by atoms with Crippen LogP contribution in [0.15, 0.2) is 36.4 Å². The van der Waals surface area contributed by atoms with E-state index in [0.717, 1.165) is 32.1 Å². The highest BCUT2D eigenvalue weighted by Gasteiger charge is 2.25. The lowest BCUT2D eigenvalue weighted by atomic mass is 9.94. The van der Waals surface area contributed by atoms with Gasteiger partial charge in [-0.05, 0) is 37.3 Å². The predicted octanol–water partition coefficient (Wildman–Crippen LogP) is 2.81. The second-order valence-corrected chi connectivity index (χ2v) is 6.44. The van der Waals surface area contributed by atoms with E-state index in [1.54, 1.807) is 7.11 Å². The Labute approximate surface area is 138 Å². The summed E-state index contributed by atoms with van der Waals surface area (Å²) >= 11 is 0. The smallest absolute Gasteiger partial charge is 0.257 e. The van der Waals surface area contributed by atoms with Crippen LogP contribution in [0.25, 0.3) is 0 Å². The fraction of sp³-hybridized carbons (Fsp3) is 0.526. The molecule has 3 rings (SSSR count). The van der Waals surface area contributed by atoms with Crippen molar-refractivity contribution < 1.29 is 9.53 Å². The third-order valence-corrected chi connectivity index (χ3v) is 4.89. The minimum Gasteiger partial charge on any atom is -0.496 e. The van der Waals surface area contributed by atoms with Gasteiger partial charge in [-0.25, -0.2) is 0 Å². The number of nitrogens with zero attached hydrogens (tertiary/aromatic N) is 2. The van der Waals surface area contributed by atoms with Crippen molar-refractivity contribution in [1.82, 2.24) is 9.80 Å². The molecule has 23 heavy (non-hydrogen) atoms. The molecule has 1 amide bonds. The molecule has 1 aromatic rings. The quantitative estimate of drug-likeness (QED) is 0.801. The van der Waals surface area contributed by atoms with Gasteiger partial charge in [0.15, 0.2) is 0 Å². The minimum atomic E-state index is 0.0858. The van der Waals surface area contributed by atoms with Crippen LogP contribution in [0.4, 0.5) is 0 Å². The molecule has 1 aliphatic carbocycles. The number of para-hydroxylation sites is 1. The molecule has 0 saturated carbocycles. The van der Waals surface area contributed by atoms with Crippen LogP contribution in [0, 0.1) is 5.92 Å². The maximum Gasteiger partial charge on any atom is 0.257 e. The molecule has 1 aromatic carbocycles. The number of amides is 1. The number of hydrogen-bond donors (Lipinski definition) is 0. The average Bonchev–Trinajstić information content (AvgIpc) is 2.62. The van der Waals surface area contributed by atoms with Crippen LogP contribution >= 0.6 is 0 Å². The van der Waals surface area contributed by atoms with E-state index in [9.17, 15) is 4.79 Å². The number of ether oxygens (including phenoxy) is 1. The molecule has 0 bridgehead atoms. The normalized spacial score (nSPS) is 22.1. The summed E-state index contributed by atoms with van der Waals surface area (Å²) in [6.07, 6.45) is 8.34. The van der Waals surface area contributed by atoms with E-state index in [4.69, 9.17) is 4.74 Å². The van der Waals surface area contributed by atoms with Crippen LogP contribution < -0.4 is 4.74 Å². The highest BCUT2D eigenvalue weighted by molar-refractivity contribution is 5.97. The van der Waals surface area contributed by atoms with Gasteiger partial charge in [-0.3, -0.25) is 9.69 Å². The largest absolute Gasteiger partial charge is 0.496 e. The Balaban J connectivity index is 1.54. The second-order valence-electron chi connectivity index (χ2n) is 6.44. The van der Waals surface area contributed by atoms with E-state index in [-0.39, 0.29) is 5.91 Å². The lowest BCUT2D eigenvalue weighted by Gasteiger charge is -2.37. The molecule has 0 aromatic heterocycles. The summed E-state index contributed by atoms with van der Waals surface area (Å²) in [5.74, 6) is 1.54. The minimum absolute atomic E-state index is 0.0858. The zero-order valence-electron chi connectivity index (χ0n) is 13.9. The fourth-order valence-electron chi connectivity index (χ4n) is 3.51. The highest BCUT2D eigenvalue weighted by atomic mass is 16.5. The number of carbonyl (C=O) groups excluding carboxylic acids is 1. The molecule has 0 radical (unpaired) electrons. The number of benzene rings is 1. The van der Waals surface area contributed by atoms with Gasteiger partial charge in [-0.15, -0.1) is 0 Å². The molecule has 1 fully saturated rings. The summed E-state index contributed by atoms with van der Waals surface area (Å²) in [5, 5.41) is 0. The van der Waals surface area contributed by atoms with E-state index < -0.39 is 0 Å². The SMILES string of the molecule is COc1ccccc1C(=O)N1CCN(C[C@@H]2CC=CCC2)CC1. The van der Waals surface area contributed by atoms with Crippen LogP contribution in [0.5, 0.6) is 5.75 Å². The standard InChI is InChI=1S/C19H26N2O2/c1-23-18-10-6-5-9-17(18)19(22)21-13-11-20(12-14-21)15-16-7-3-2-4-8-16/h2-3,5-6,9-10,16H,4,7-8,11-15H2,1H3/t16-/m1/s1. The third kappa shape index (κ3) is 3.94. The molecular weight excluding hydrogens is 288 g/mol. The van der Waals surface area contributed by atoms with Crippen LogP contribution in [-0.2, 0) is 0 Å². The molecule has 2 aliphatic rings. The average molecular weight is 314 g/mol. The number of rotatable bonds is 4. The maximum atomic E-state index is 12.7. The number of hydrogen-bond acceptors (Lipinski definition) is 3. The van der Waals surface area contributed by atoms with E-state index in [0.29, 0.717) is 11.3 Å². The van der Waals surface area contributed by atoms with Crippen molar-refractivity contribution in [2.45, 2.75) is 19.3 Å². The Morgan fingerprint density at radius 1 is 1.17 bits per heavy atom. The molecule has 0 N–H and O–H groups in total. The molecule has 0 unspecified atom stereocenters. The highest BCUT2D eigenvalue weighted by Crippen LogP contribution is 2.22. The fourth-order valence-corrected chi connectivity index (χ4v) is 3.51. The molecule has 4 heteroatoms. The molecule has 0 spiro atoms. The number of carbonyl (C=O) groups is 1. The summed E-state index contributed by atoms with van der Waals surface area (Å²) in [6, 6.07) is 7.48. The number of piperazine rings is 1. The van der Waals surface area contributed by atoms with Gasteiger partial charge in [-0.1, -0.05) is 24.3 Å². The zero-order valence-corrected chi connectivity index (χ0v) is 13.9. The van der Waals surface area contributed by atoms with Crippen molar-refractivity contribution in [2.75, 3.05) is 39.8 Å². The summed E-state index contributed by atoms with van der Waals surface area (Å²) in [6.45, 7) is 4.72. The first-order chi connectivity index (χ1) is 11.3. The van der Waals surface area contributed by atoms with Crippen LogP contribution in [-0.4, -0.2) is 55.5 Å². The third-order valence-electron chi connectivity index (χ3n) is 4.89. The van der Waals surface area contributed by atoms with Gasteiger partial charge in [0.25, 0.3) is 5.91 Å². The van der Waals surface area contributed by atoms with E-state index in [1.165, 1.54) is 25.8 Å². The van der Waals surface area contributed by atoms with Crippen molar-refractivity contribution >= 4 is 5.91 Å². The van der Waals surface area contributed by atoms with Crippen LogP contribution in [0.2, 0.25) is 0 Å². The molecule has 1 aliphatic heterocycles. The van der Waals surface area contributed by atoms with E-state index >= 15 is 0 Å². The Bertz CT molecular complexity index is 562.